The van der Waals surface area contributed by atoms with Crippen LogP contribution in [0.3, 0.4) is 0 Å². The summed E-state index contributed by atoms with van der Waals surface area (Å²) in [5.74, 6) is 0.678. The van der Waals surface area contributed by atoms with Gasteiger partial charge in [-0.05, 0) is 39.4 Å². The Morgan fingerprint density at radius 1 is 1.25 bits per heavy atom. The van der Waals surface area contributed by atoms with Crippen LogP contribution < -0.4 is 10.6 Å². The molecule has 1 aromatic rings. The van der Waals surface area contributed by atoms with Gasteiger partial charge in [-0.2, -0.15) is 13.2 Å². The fourth-order valence-electron chi connectivity index (χ4n) is 2.26. The molecule has 0 aromatic heterocycles. The Morgan fingerprint density at radius 3 is 2.62 bits per heavy atom. The average molecular weight is 344 g/mol. The summed E-state index contributed by atoms with van der Waals surface area (Å²) in [4.78, 5) is 5.78. The van der Waals surface area contributed by atoms with E-state index in [9.17, 15) is 13.2 Å². The molecule has 4 nitrogen and oxygen atoms in total. The number of rotatable bonds is 8. The van der Waals surface area contributed by atoms with E-state index in [1.165, 1.54) is 17.5 Å². The van der Waals surface area contributed by atoms with E-state index in [0.29, 0.717) is 32.0 Å². The molecule has 0 heterocycles. The van der Waals surface area contributed by atoms with Crippen LogP contribution in [-0.4, -0.2) is 50.3 Å². The van der Waals surface area contributed by atoms with Gasteiger partial charge in [-0.15, -0.1) is 0 Å². The van der Waals surface area contributed by atoms with Crippen molar-refractivity contribution < 1.29 is 13.2 Å². The van der Waals surface area contributed by atoms with Gasteiger partial charge in [-0.1, -0.05) is 29.8 Å². The number of hydrogen-bond acceptors (Lipinski definition) is 2. The zero-order valence-corrected chi connectivity index (χ0v) is 14.6. The molecular weight excluding hydrogens is 317 g/mol. The minimum absolute atomic E-state index is 0.379. The number of guanidine groups is 1. The molecule has 0 fully saturated rings. The van der Waals surface area contributed by atoms with Gasteiger partial charge in [0.1, 0.15) is 0 Å². The van der Waals surface area contributed by atoms with Crippen molar-refractivity contribution in [3.63, 3.8) is 0 Å². The van der Waals surface area contributed by atoms with Gasteiger partial charge in [0, 0.05) is 13.1 Å². The first kappa shape index (κ1) is 20.3. The molecule has 24 heavy (non-hydrogen) atoms. The van der Waals surface area contributed by atoms with E-state index in [1.807, 2.05) is 32.0 Å². The maximum Gasteiger partial charge on any atom is 0.401 e. The third kappa shape index (κ3) is 9.39. The predicted molar refractivity (Wildman–Crippen MR) is 92.2 cm³/mol. The standard InChI is InChI=1S/C17H27F3N4/c1-4-21-16(23-12-15-8-5-7-14(2)11-15)22-9-6-10-24(3)13-17(18,19)20/h5,7-8,11H,4,6,9-10,12-13H2,1-3H3,(H2,21,22,23). The van der Waals surface area contributed by atoms with Crippen molar-refractivity contribution in [3.8, 4) is 0 Å². The number of hydrogen-bond donors (Lipinski definition) is 2. The SMILES string of the molecule is CCNC(=NCc1cccc(C)c1)NCCCN(C)CC(F)(F)F. The average Bonchev–Trinajstić information content (AvgIpc) is 2.47. The van der Waals surface area contributed by atoms with Gasteiger partial charge in [0.25, 0.3) is 0 Å². The summed E-state index contributed by atoms with van der Waals surface area (Å²) in [6.45, 7) is 5.37. The Hall–Kier alpha value is -1.76. The quantitative estimate of drug-likeness (QED) is 0.433. The topological polar surface area (TPSA) is 39.7 Å². The summed E-state index contributed by atoms with van der Waals surface area (Å²) in [6.07, 6.45) is -3.53. The molecule has 2 N–H and O–H groups in total. The van der Waals surface area contributed by atoms with Crippen molar-refractivity contribution in [1.29, 1.82) is 0 Å². The van der Waals surface area contributed by atoms with Crippen LogP contribution in [-0.2, 0) is 6.54 Å². The molecule has 0 bridgehead atoms. The Balaban J connectivity index is 2.39. The van der Waals surface area contributed by atoms with Crippen molar-refractivity contribution in [2.45, 2.75) is 33.0 Å². The lowest BCUT2D eigenvalue weighted by molar-refractivity contribution is -0.143. The van der Waals surface area contributed by atoms with Crippen molar-refractivity contribution >= 4 is 5.96 Å². The summed E-state index contributed by atoms with van der Waals surface area (Å²) in [5, 5.41) is 6.29. The molecule has 0 atom stereocenters. The molecule has 0 saturated carbocycles. The summed E-state index contributed by atoms with van der Waals surface area (Å²) in [5.41, 5.74) is 2.31. The number of aryl methyl sites for hydroxylation is 1. The summed E-state index contributed by atoms with van der Waals surface area (Å²) < 4.78 is 36.7. The second-order valence-electron chi connectivity index (χ2n) is 5.82. The van der Waals surface area contributed by atoms with E-state index in [0.717, 1.165) is 12.1 Å². The van der Waals surface area contributed by atoms with Crippen LogP contribution >= 0.6 is 0 Å². The van der Waals surface area contributed by atoms with Gasteiger partial charge in [0.2, 0.25) is 0 Å². The van der Waals surface area contributed by atoms with E-state index in [1.54, 1.807) is 0 Å². The molecule has 0 aliphatic rings. The van der Waals surface area contributed by atoms with E-state index in [2.05, 4.69) is 21.7 Å². The maximum absolute atomic E-state index is 12.2. The van der Waals surface area contributed by atoms with Gasteiger partial charge in [-0.3, -0.25) is 4.90 Å². The molecule has 136 valence electrons. The lowest BCUT2D eigenvalue weighted by Crippen LogP contribution is -2.39. The van der Waals surface area contributed by atoms with E-state index in [4.69, 9.17) is 0 Å². The van der Waals surface area contributed by atoms with Crippen molar-refractivity contribution in [2.75, 3.05) is 33.2 Å². The molecule has 0 radical (unpaired) electrons. The Labute approximate surface area is 142 Å². The molecule has 1 rings (SSSR count). The minimum atomic E-state index is -4.15. The number of alkyl halides is 3. The highest BCUT2D eigenvalue weighted by Gasteiger charge is 2.28. The van der Waals surface area contributed by atoms with Gasteiger partial charge < -0.3 is 10.6 Å². The van der Waals surface area contributed by atoms with Crippen LogP contribution in [0.4, 0.5) is 13.2 Å². The highest BCUT2D eigenvalue weighted by molar-refractivity contribution is 5.79. The zero-order valence-electron chi connectivity index (χ0n) is 14.6. The molecule has 0 unspecified atom stereocenters. The second kappa shape index (κ2) is 10.2. The van der Waals surface area contributed by atoms with Crippen molar-refractivity contribution in [2.24, 2.45) is 4.99 Å². The molecule has 0 aliphatic carbocycles. The van der Waals surface area contributed by atoms with Gasteiger partial charge >= 0.3 is 6.18 Å². The van der Waals surface area contributed by atoms with E-state index in [-0.39, 0.29) is 0 Å². The molecule has 0 spiro atoms. The Morgan fingerprint density at radius 2 is 2.00 bits per heavy atom. The first-order chi connectivity index (χ1) is 11.3. The predicted octanol–water partition coefficient (Wildman–Crippen LogP) is 2.93. The normalized spacial score (nSPS) is 12.5. The lowest BCUT2D eigenvalue weighted by Gasteiger charge is -2.18. The van der Waals surface area contributed by atoms with Crippen LogP contribution in [0.5, 0.6) is 0 Å². The van der Waals surface area contributed by atoms with Crippen LogP contribution in [0.15, 0.2) is 29.3 Å². The van der Waals surface area contributed by atoms with Crippen LogP contribution in [0.25, 0.3) is 0 Å². The molecule has 0 saturated heterocycles. The fraction of sp³-hybridized carbons (Fsp3) is 0.588. The van der Waals surface area contributed by atoms with Crippen LogP contribution in [0, 0.1) is 6.92 Å². The number of aliphatic imine (C=N–C) groups is 1. The fourth-order valence-corrected chi connectivity index (χ4v) is 2.26. The highest BCUT2D eigenvalue weighted by atomic mass is 19.4. The first-order valence-electron chi connectivity index (χ1n) is 8.13. The number of benzene rings is 1. The molecular formula is C17H27F3N4. The third-order valence-electron chi connectivity index (χ3n) is 3.30. The Kier molecular flexibility index (Phi) is 8.60. The molecule has 0 aliphatic heterocycles. The second-order valence-corrected chi connectivity index (χ2v) is 5.82. The molecule has 7 heteroatoms. The minimum Gasteiger partial charge on any atom is -0.357 e. The molecule has 0 amide bonds. The van der Waals surface area contributed by atoms with Gasteiger partial charge in [0.05, 0.1) is 13.1 Å². The van der Waals surface area contributed by atoms with Crippen molar-refractivity contribution in [1.82, 2.24) is 15.5 Å². The smallest absolute Gasteiger partial charge is 0.357 e. The van der Waals surface area contributed by atoms with E-state index < -0.39 is 12.7 Å². The number of nitrogens with zero attached hydrogens (tertiary/aromatic N) is 2. The van der Waals surface area contributed by atoms with Crippen LogP contribution in [0.1, 0.15) is 24.5 Å². The summed E-state index contributed by atoms with van der Waals surface area (Å²) in [6, 6.07) is 8.14. The van der Waals surface area contributed by atoms with Crippen LogP contribution in [0.2, 0.25) is 0 Å². The lowest BCUT2D eigenvalue weighted by atomic mass is 10.1. The maximum atomic E-state index is 12.2. The summed E-state index contributed by atoms with van der Waals surface area (Å²) in [7, 11) is 1.48. The van der Waals surface area contributed by atoms with Crippen molar-refractivity contribution in [3.05, 3.63) is 35.4 Å². The highest BCUT2D eigenvalue weighted by Crippen LogP contribution is 2.15. The third-order valence-corrected chi connectivity index (χ3v) is 3.30. The largest absolute Gasteiger partial charge is 0.401 e. The monoisotopic (exact) mass is 344 g/mol. The summed E-state index contributed by atoms with van der Waals surface area (Å²) >= 11 is 0. The van der Waals surface area contributed by atoms with Gasteiger partial charge in [-0.25, -0.2) is 4.99 Å². The zero-order chi connectivity index (χ0) is 18.0. The number of nitrogens with one attached hydrogen (secondary N) is 2. The van der Waals surface area contributed by atoms with Gasteiger partial charge in [0.15, 0.2) is 5.96 Å². The Bertz CT molecular complexity index is 515. The van der Waals surface area contributed by atoms with E-state index >= 15 is 0 Å². The first-order valence-corrected chi connectivity index (χ1v) is 8.13. The number of halogens is 3. The molecule has 1 aromatic carbocycles.